The fourth-order valence-electron chi connectivity index (χ4n) is 9.82. The first-order valence-corrected chi connectivity index (χ1v) is 18.8. The first-order valence-electron chi connectivity index (χ1n) is 18.8. The maximum Gasteiger partial charge on any atom is 0.302 e. The van der Waals surface area contributed by atoms with Crippen LogP contribution in [0.5, 0.6) is 11.5 Å². The summed E-state index contributed by atoms with van der Waals surface area (Å²) in [4.78, 5) is 22.4. The molecule has 0 amide bonds. The largest absolute Gasteiger partial charge is 0.504 e. The molecule has 1 spiro atoms. The van der Waals surface area contributed by atoms with Gasteiger partial charge in [-0.15, -0.1) is 5.92 Å². The van der Waals surface area contributed by atoms with Gasteiger partial charge < -0.3 is 36.1 Å². The van der Waals surface area contributed by atoms with Gasteiger partial charge in [-0.05, 0) is 99.9 Å². The monoisotopic (exact) mass is 676 g/mol. The number of carbonyl (C=O) groups excluding carboxylic acids is 1. The van der Waals surface area contributed by atoms with Gasteiger partial charge in [0.15, 0.2) is 17.5 Å². The number of nitrogens with two attached hydrogens (primary N) is 1. The Bertz CT molecular complexity index is 1420. The molecule has 268 valence electrons. The third kappa shape index (κ3) is 8.14. The van der Waals surface area contributed by atoms with Gasteiger partial charge >= 0.3 is 5.97 Å². The Hall–Kier alpha value is -3.04. The minimum Gasteiger partial charge on any atom is -0.504 e. The molecule has 4 saturated heterocycles. The third-order valence-electron chi connectivity index (χ3n) is 12.3. The maximum atomic E-state index is 12.3. The number of nitrogens with one attached hydrogen (secondary N) is 2. The van der Waals surface area contributed by atoms with E-state index in [0.29, 0.717) is 74.4 Å². The van der Waals surface area contributed by atoms with E-state index in [0.717, 1.165) is 70.5 Å². The molecule has 11 heteroatoms. The molecule has 6 heterocycles. The van der Waals surface area contributed by atoms with Gasteiger partial charge in [-0.2, -0.15) is 0 Å². The van der Waals surface area contributed by atoms with Crippen molar-refractivity contribution in [1.29, 1.82) is 0 Å². The summed E-state index contributed by atoms with van der Waals surface area (Å²) in [6.07, 6.45) is 7.04. The van der Waals surface area contributed by atoms with Crippen LogP contribution in [0.4, 0.5) is 0 Å². The molecule has 6 aliphatic heterocycles. The lowest BCUT2D eigenvalue weighted by molar-refractivity contribution is -0.151. The zero-order valence-electron chi connectivity index (χ0n) is 29.1. The number of fused-ring (bicyclic) bond motifs is 4. The Morgan fingerprint density at radius 3 is 2.82 bits per heavy atom. The number of carbonyl (C=O) groups is 1. The maximum absolute atomic E-state index is 12.3. The summed E-state index contributed by atoms with van der Waals surface area (Å²) >= 11 is 0. The van der Waals surface area contributed by atoms with Gasteiger partial charge in [-0.1, -0.05) is 12.0 Å². The number of guanidine groups is 1. The lowest BCUT2D eigenvalue weighted by atomic mass is 9.65. The third-order valence-corrected chi connectivity index (χ3v) is 12.3. The summed E-state index contributed by atoms with van der Waals surface area (Å²) in [5.74, 6) is 9.70. The van der Waals surface area contributed by atoms with Crippen molar-refractivity contribution in [2.75, 3.05) is 52.5 Å². The smallest absolute Gasteiger partial charge is 0.302 e. The van der Waals surface area contributed by atoms with Crippen LogP contribution in [-0.4, -0.2) is 109 Å². The number of hydrogen-bond donors (Lipinski definition) is 5. The molecule has 6 bridgehead atoms. The molecule has 6 N–H and O–H groups in total. The van der Waals surface area contributed by atoms with E-state index in [1.165, 1.54) is 19.8 Å². The van der Waals surface area contributed by atoms with Crippen LogP contribution in [0, 0.1) is 40.9 Å². The SMILES string of the molecule is CC(=O)O[C@H]1C[C@@H](O)CC[C@@]2(C#CC[C@H]1Cc1ccc(O)c(OC3CCNCC3)c1)CNC(N)=NCN1C[C@@H]3C[C@H](C1)[C@@H]1CC[C@@H]2CN1C3. The predicted molar refractivity (Wildman–Crippen MR) is 188 cm³/mol. The number of esters is 1. The number of aliphatic hydroxyl groups excluding tert-OH is 1. The highest BCUT2D eigenvalue weighted by Crippen LogP contribution is 2.45. The zero-order chi connectivity index (χ0) is 34.0. The molecule has 1 aromatic carbocycles. The number of piperidine rings is 4. The summed E-state index contributed by atoms with van der Waals surface area (Å²) in [7, 11) is 0. The van der Waals surface area contributed by atoms with Crippen molar-refractivity contribution in [3.05, 3.63) is 23.8 Å². The van der Waals surface area contributed by atoms with Gasteiger partial charge in [0.25, 0.3) is 0 Å². The van der Waals surface area contributed by atoms with Crippen LogP contribution in [0.3, 0.4) is 0 Å². The fourth-order valence-corrected chi connectivity index (χ4v) is 9.82. The Labute approximate surface area is 291 Å². The molecule has 8 rings (SSSR count). The molecular weight excluding hydrogens is 620 g/mol. The van der Waals surface area contributed by atoms with E-state index in [1.54, 1.807) is 6.07 Å². The summed E-state index contributed by atoms with van der Waals surface area (Å²) < 4.78 is 12.2. The van der Waals surface area contributed by atoms with Crippen molar-refractivity contribution in [2.45, 2.75) is 95.5 Å². The van der Waals surface area contributed by atoms with Crippen LogP contribution in [0.25, 0.3) is 0 Å². The fraction of sp³-hybridized carbons (Fsp3) is 0.737. The molecule has 1 aliphatic carbocycles. The van der Waals surface area contributed by atoms with E-state index in [9.17, 15) is 15.0 Å². The minimum atomic E-state index is -0.645. The first kappa shape index (κ1) is 34.4. The summed E-state index contributed by atoms with van der Waals surface area (Å²) in [5.41, 5.74) is 7.08. The average Bonchev–Trinajstić information content (AvgIpc) is 3.09. The number of ether oxygens (including phenoxy) is 2. The Morgan fingerprint density at radius 2 is 1.98 bits per heavy atom. The molecule has 10 atom stereocenters. The van der Waals surface area contributed by atoms with Crippen LogP contribution < -0.4 is 21.1 Å². The van der Waals surface area contributed by atoms with E-state index in [-0.39, 0.29) is 29.2 Å². The van der Waals surface area contributed by atoms with Crippen LogP contribution in [0.15, 0.2) is 23.2 Å². The Balaban J connectivity index is 1.17. The van der Waals surface area contributed by atoms with Crippen molar-refractivity contribution >= 4 is 11.9 Å². The normalized spacial score (nSPS) is 38.2. The molecule has 49 heavy (non-hydrogen) atoms. The number of aliphatic hydroxyl groups is 1. The highest BCUT2D eigenvalue weighted by Gasteiger charge is 2.48. The second-order valence-corrected chi connectivity index (χ2v) is 15.8. The van der Waals surface area contributed by atoms with Gasteiger partial charge in [0, 0.05) is 64.4 Å². The summed E-state index contributed by atoms with van der Waals surface area (Å²) in [6.45, 7) is 8.77. The van der Waals surface area contributed by atoms with Gasteiger partial charge in [0.2, 0.25) is 0 Å². The molecule has 0 radical (unpaired) electrons. The van der Waals surface area contributed by atoms with E-state index in [2.05, 4.69) is 32.3 Å². The van der Waals surface area contributed by atoms with Crippen molar-refractivity contribution in [3.63, 3.8) is 0 Å². The number of phenols is 1. The van der Waals surface area contributed by atoms with Crippen LogP contribution in [0.1, 0.15) is 70.3 Å². The van der Waals surface area contributed by atoms with Crippen LogP contribution in [-0.2, 0) is 16.0 Å². The Kier molecular flexibility index (Phi) is 10.6. The van der Waals surface area contributed by atoms with Gasteiger partial charge in [0.1, 0.15) is 12.2 Å². The van der Waals surface area contributed by atoms with Crippen molar-refractivity contribution < 1.29 is 24.5 Å². The van der Waals surface area contributed by atoms with Gasteiger partial charge in [0.05, 0.1) is 18.2 Å². The number of phenolic OH excluding ortho intramolecular Hbond substituents is 1. The lowest BCUT2D eigenvalue weighted by Crippen LogP contribution is -2.61. The molecule has 4 fully saturated rings. The topological polar surface area (TPSA) is 145 Å². The van der Waals surface area contributed by atoms with E-state index < -0.39 is 12.2 Å². The highest BCUT2D eigenvalue weighted by molar-refractivity contribution is 5.77. The van der Waals surface area contributed by atoms with Crippen molar-refractivity contribution in [1.82, 2.24) is 20.4 Å². The molecule has 0 aromatic heterocycles. The molecular formula is C38H56N6O5. The molecule has 1 aromatic rings. The van der Waals surface area contributed by atoms with Crippen molar-refractivity contribution in [2.24, 2.45) is 39.8 Å². The number of aromatic hydroxyl groups is 1. The summed E-state index contributed by atoms with van der Waals surface area (Å²) in [6, 6.07) is 6.13. The second-order valence-electron chi connectivity index (χ2n) is 15.8. The average molecular weight is 677 g/mol. The number of nitrogens with zero attached hydrogens (tertiary/aromatic N) is 3. The number of benzene rings is 1. The van der Waals surface area contributed by atoms with Gasteiger partial charge in [-0.3, -0.25) is 14.6 Å². The quantitative estimate of drug-likeness (QED) is 0.233. The molecule has 7 aliphatic rings. The van der Waals surface area contributed by atoms with E-state index in [1.807, 2.05) is 12.1 Å². The van der Waals surface area contributed by atoms with E-state index in [4.69, 9.17) is 20.2 Å². The van der Waals surface area contributed by atoms with Crippen molar-refractivity contribution in [3.8, 4) is 23.3 Å². The number of rotatable bonds is 5. The Morgan fingerprint density at radius 1 is 1.12 bits per heavy atom. The molecule has 0 saturated carbocycles. The standard InChI is InChI=1S/C38H56N6O5/c1-25(45)48-35-18-31(46)8-12-38(11-2-3-28(35)15-26-4-7-34(47)36(17-26)49-32-9-13-40-14-10-32)23-41-37(39)42-24-43-19-27-16-29(21-43)33-6-5-30(38)22-44(33)20-27/h4,7,17,27-33,35,40,46-47H,3,5-6,8-10,12-16,18-24H2,1H3,(H3,39,41,42)/t27-,28-,29+,30+,31-,33-,35-,38-/m0/s1. The van der Waals surface area contributed by atoms with Crippen LogP contribution in [0.2, 0.25) is 0 Å². The minimum absolute atomic E-state index is 0.0548. The predicted octanol–water partition coefficient (Wildman–Crippen LogP) is 2.45. The van der Waals surface area contributed by atoms with Gasteiger partial charge in [-0.25, -0.2) is 4.99 Å². The summed E-state index contributed by atoms with van der Waals surface area (Å²) in [5, 5.41) is 29.0. The van der Waals surface area contributed by atoms with Crippen LogP contribution >= 0.6 is 0 Å². The zero-order valence-corrected chi connectivity index (χ0v) is 29.1. The molecule has 2 unspecified atom stereocenters. The number of aliphatic imine (C=N–C) groups is 1. The van der Waals surface area contributed by atoms with E-state index >= 15 is 0 Å². The highest BCUT2D eigenvalue weighted by atomic mass is 16.5. The second kappa shape index (κ2) is 15.1. The molecule has 11 nitrogen and oxygen atoms in total. The lowest BCUT2D eigenvalue weighted by Gasteiger charge is -2.55. The number of hydrogen-bond acceptors (Lipinski definition) is 11. The first-order chi connectivity index (χ1) is 23.7.